The standard InChI is InChI=1S/C23H25F6N5O2/c1-12(13-5-14(22(24,25)26)7-15(6-13)23(27,28)29)34-17-8-19(21(34)36)32(10-17)11-18(31)20(35)33-4-2-3-16(33)9-30/h5-7,12,16-19H,2-4,8,10-11,31H2,1H3/t12-,16?,17?,18-,19?/m0/s1. The van der Waals surface area contributed by atoms with Crippen LogP contribution < -0.4 is 5.73 Å². The lowest BCUT2D eigenvalue weighted by Gasteiger charge is -2.38. The Hall–Kier alpha value is -2.85. The number of likely N-dealkylation sites (tertiary alicyclic amines) is 3. The predicted molar refractivity (Wildman–Crippen MR) is 114 cm³/mol. The lowest BCUT2D eigenvalue weighted by atomic mass is 9.98. The van der Waals surface area contributed by atoms with E-state index in [0.717, 1.165) is 0 Å². The number of hydrogen-bond donors (Lipinski definition) is 1. The predicted octanol–water partition coefficient (Wildman–Crippen LogP) is 2.91. The highest BCUT2D eigenvalue weighted by Crippen LogP contribution is 2.42. The first-order valence-corrected chi connectivity index (χ1v) is 11.5. The largest absolute Gasteiger partial charge is 0.416 e. The molecule has 2 N–H and O–H groups in total. The van der Waals surface area contributed by atoms with E-state index in [1.54, 1.807) is 4.90 Å². The summed E-state index contributed by atoms with van der Waals surface area (Å²) in [6.45, 7) is 2.18. The Kier molecular flexibility index (Phi) is 6.72. The lowest BCUT2D eigenvalue weighted by molar-refractivity contribution is -0.143. The molecule has 3 aliphatic heterocycles. The van der Waals surface area contributed by atoms with E-state index in [9.17, 15) is 41.2 Å². The van der Waals surface area contributed by atoms with Gasteiger partial charge in [0.2, 0.25) is 11.8 Å². The number of nitrogens with zero attached hydrogens (tertiary/aromatic N) is 4. The Morgan fingerprint density at radius 3 is 2.31 bits per heavy atom. The van der Waals surface area contributed by atoms with Gasteiger partial charge in [-0.2, -0.15) is 31.6 Å². The molecule has 0 aliphatic carbocycles. The minimum atomic E-state index is -4.98. The van der Waals surface area contributed by atoms with E-state index in [-0.39, 0.29) is 30.6 Å². The maximum atomic E-state index is 13.3. The molecule has 0 saturated carbocycles. The number of benzene rings is 1. The zero-order valence-corrected chi connectivity index (χ0v) is 19.3. The number of carbonyl (C=O) groups is 2. The van der Waals surface area contributed by atoms with Crippen molar-refractivity contribution in [2.24, 2.45) is 5.73 Å². The monoisotopic (exact) mass is 517 g/mol. The average molecular weight is 517 g/mol. The van der Waals surface area contributed by atoms with Crippen molar-refractivity contribution in [3.63, 3.8) is 0 Å². The molecule has 3 aliphatic rings. The van der Waals surface area contributed by atoms with Crippen LogP contribution in [0, 0.1) is 11.3 Å². The van der Waals surface area contributed by atoms with Crippen molar-refractivity contribution in [2.75, 3.05) is 19.6 Å². The number of amides is 2. The molecular weight excluding hydrogens is 492 g/mol. The van der Waals surface area contributed by atoms with Crippen LogP contribution in [0.1, 0.15) is 48.9 Å². The van der Waals surface area contributed by atoms with Gasteiger partial charge in [-0.1, -0.05) is 0 Å². The van der Waals surface area contributed by atoms with Crippen molar-refractivity contribution in [3.05, 3.63) is 34.9 Å². The second-order valence-corrected chi connectivity index (χ2v) is 9.55. The second kappa shape index (κ2) is 9.23. The summed E-state index contributed by atoms with van der Waals surface area (Å²) in [4.78, 5) is 30.3. The zero-order valence-electron chi connectivity index (χ0n) is 19.3. The third-order valence-electron chi connectivity index (χ3n) is 7.26. The SMILES string of the molecule is C[C@@H](c1cc(C(F)(F)F)cc(C(F)(F)F)c1)N1C(=O)C2CC1CN2C[C@H](N)C(=O)N1CCCC1C#N. The van der Waals surface area contributed by atoms with Crippen LogP contribution >= 0.6 is 0 Å². The molecule has 5 atom stereocenters. The summed E-state index contributed by atoms with van der Waals surface area (Å²) in [6, 6.07) is -0.208. The van der Waals surface area contributed by atoms with E-state index < -0.39 is 59.6 Å². The molecule has 36 heavy (non-hydrogen) atoms. The third kappa shape index (κ3) is 4.76. The Balaban J connectivity index is 1.49. The molecule has 196 valence electrons. The first-order chi connectivity index (χ1) is 16.7. The van der Waals surface area contributed by atoms with E-state index in [1.807, 2.05) is 0 Å². The Morgan fingerprint density at radius 2 is 1.78 bits per heavy atom. The van der Waals surface area contributed by atoms with Crippen LogP contribution in [0.2, 0.25) is 0 Å². The van der Waals surface area contributed by atoms with Crippen molar-refractivity contribution in [3.8, 4) is 6.07 Å². The molecule has 1 aromatic carbocycles. The summed E-state index contributed by atoms with van der Waals surface area (Å²) < 4.78 is 79.7. The zero-order chi connectivity index (χ0) is 26.6. The van der Waals surface area contributed by atoms with Gasteiger partial charge in [-0.3, -0.25) is 14.5 Å². The summed E-state index contributed by atoms with van der Waals surface area (Å²) in [5.74, 6) is -0.816. The van der Waals surface area contributed by atoms with Crippen molar-refractivity contribution >= 4 is 11.8 Å². The van der Waals surface area contributed by atoms with Crippen LogP contribution in [-0.4, -0.2) is 70.3 Å². The topological polar surface area (TPSA) is 93.7 Å². The van der Waals surface area contributed by atoms with Gasteiger partial charge in [0.15, 0.2) is 0 Å². The number of carbonyl (C=O) groups excluding carboxylic acids is 2. The van der Waals surface area contributed by atoms with Gasteiger partial charge in [0, 0.05) is 25.7 Å². The van der Waals surface area contributed by atoms with E-state index in [1.165, 1.54) is 16.7 Å². The van der Waals surface area contributed by atoms with Gasteiger partial charge in [0.05, 0.1) is 35.3 Å². The fraction of sp³-hybridized carbons (Fsp3) is 0.609. The van der Waals surface area contributed by atoms with Gasteiger partial charge >= 0.3 is 12.4 Å². The van der Waals surface area contributed by atoms with Gasteiger partial charge in [-0.15, -0.1) is 0 Å². The summed E-state index contributed by atoms with van der Waals surface area (Å²) in [6.07, 6.45) is -8.37. The number of rotatable bonds is 5. The van der Waals surface area contributed by atoms with Crippen molar-refractivity contribution in [1.82, 2.24) is 14.7 Å². The van der Waals surface area contributed by atoms with E-state index in [4.69, 9.17) is 5.73 Å². The quantitative estimate of drug-likeness (QED) is 0.607. The van der Waals surface area contributed by atoms with Crippen LogP contribution in [-0.2, 0) is 21.9 Å². The van der Waals surface area contributed by atoms with Gasteiger partial charge in [-0.05, 0) is 49.9 Å². The molecule has 0 aromatic heterocycles. The maximum Gasteiger partial charge on any atom is 0.416 e. The van der Waals surface area contributed by atoms with Crippen LogP contribution in [0.25, 0.3) is 0 Å². The number of piperazine rings is 1. The number of nitriles is 1. The number of halogens is 6. The molecule has 0 spiro atoms. The van der Waals surface area contributed by atoms with E-state index in [2.05, 4.69) is 6.07 Å². The highest BCUT2D eigenvalue weighted by Gasteiger charge is 2.52. The minimum Gasteiger partial charge on any atom is -0.330 e. The normalized spacial score (nSPS) is 26.4. The highest BCUT2D eigenvalue weighted by molar-refractivity contribution is 5.87. The van der Waals surface area contributed by atoms with Crippen LogP contribution in [0.3, 0.4) is 0 Å². The number of nitrogens with two attached hydrogens (primary N) is 1. The van der Waals surface area contributed by atoms with Crippen molar-refractivity contribution < 1.29 is 35.9 Å². The molecule has 3 saturated heterocycles. The number of hydrogen-bond acceptors (Lipinski definition) is 5. The first kappa shape index (κ1) is 26.2. The van der Waals surface area contributed by atoms with Crippen LogP contribution in [0.5, 0.6) is 0 Å². The summed E-state index contributed by atoms with van der Waals surface area (Å²) >= 11 is 0. The second-order valence-electron chi connectivity index (χ2n) is 9.55. The Labute approximate surface area is 203 Å². The maximum absolute atomic E-state index is 13.3. The fourth-order valence-corrected chi connectivity index (χ4v) is 5.49. The Morgan fingerprint density at radius 1 is 1.17 bits per heavy atom. The molecule has 1 aromatic rings. The summed E-state index contributed by atoms with van der Waals surface area (Å²) in [5.41, 5.74) is 2.97. The first-order valence-electron chi connectivity index (χ1n) is 11.5. The molecule has 4 rings (SSSR count). The van der Waals surface area contributed by atoms with Gasteiger partial charge in [-0.25, -0.2) is 0 Å². The van der Waals surface area contributed by atoms with Crippen LogP contribution in [0.15, 0.2) is 18.2 Å². The number of alkyl halides is 6. The molecular formula is C23H25F6N5O2. The average Bonchev–Trinajstić information content (AvgIpc) is 3.51. The third-order valence-corrected chi connectivity index (χ3v) is 7.26. The van der Waals surface area contributed by atoms with E-state index in [0.29, 0.717) is 37.9 Å². The molecule has 3 fully saturated rings. The van der Waals surface area contributed by atoms with Crippen molar-refractivity contribution in [1.29, 1.82) is 5.26 Å². The van der Waals surface area contributed by atoms with E-state index >= 15 is 0 Å². The van der Waals surface area contributed by atoms with Gasteiger partial charge < -0.3 is 15.5 Å². The molecule has 13 heteroatoms. The molecule has 2 bridgehead atoms. The molecule has 7 nitrogen and oxygen atoms in total. The highest BCUT2D eigenvalue weighted by atomic mass is 19.4. The number of fused-ring (bicyclic) bond motifs is 2. The van der Waals surface area contributed by atoms with Gasteiger partial charge in [0.1, 0.15) is 6.04 Å². The molecule has 2 amide bonds. The molecule has 3 heterocycles. The Bertz CT molecular complexity index is 1050. The van der Waals surface area contributed by atoms with Gasteiger partial charge in [0.25, 0.3) is 0 Å². The minimum absolute atomic E-state index is 0.0599. The summed E-state index contributed by atoms with van der Waals surface area (Å²) in [5, 5.41) is 9.20. The molecule has 0 radical (unpaired) electrons. The smallest absolute Gasteiger partial charge is 0.330 e. The fourth-order valence-electron chi connectivity index (χ4n) is 5.49. The van der Waals surface area contributed by atoms with Crippen LogP contribution in [0.4, 0.5) is 26.3 Å². The summed E-state index contributed by atoms with van der Waals surface area (Å²) in [7, 11) is 0. The lowest BCUT2D eigenvalue weighted by Crippen LogP contribution is -2.56. The molecule has 3 unspecified atom stereocenters. The van der Waals surface area contributed by atoms with Crippen molar-refractivity contribution in [2.45, 2.75) is 68.7 Å².